The predicted molar refractivity (Wildman–Crippen MR) is 89.4 cm³/mol. The number of likely N-dealkylation sites (N-methyl/N-ethyl adjacent to an activating group) is 1. The van der Waals surface area contributed by atoms with Gasteiger partial charge in [0, 0.05) is 19.6 Å². The number of hydrogen-bond acceptors (Lipinski definition) is 4. The van der Waals surface area contributed by atoms with Crippen molar-refractivity contribution in [3.63, 3.8) is 0 Å². The number of sulfonamides is 1. The van der Waals surface area contributed by atoms with Gasteiger partial charge in [-0.2, -0.15) is 4.31 Å². The zero-order chi connectivity index (χ0) is 17.2. The van der Waals surface area contributed by atoms with Crippen molar-refractivity contribution < 1.29 is 13.2 Å². The fraction of sp³-hybridized carbons (Fsp3) is 0.562. The Morgan fingerprint density at radius 2 is 2.00 bits per heavy atom. The molecule has 1 unspecified atom stereocenters. The number of nitrogens with two attached hydrogens (primary N) is 1. The summed E-state index contributed by atoms with van der Waals surface area (Å²) < 4.78 is 26.1. The van der Waals surface area contributed by atoms with Gasteiger partial charge in [0.2, 0.25) is 15.9 Å². The number of aryl methyl sites for hydroxylation is 2. The smallest absolute Gasteiger partial charge is 0.243 e. The fourth-order valence-corrected chi connectivity index (χ4v) is 3.53. The van der Waals surface area contributed by atoms with Crippen LogP contribution in [0.3, 0.4) is 0 Å². The molecule has 6 nitrogen and oxygen atoms in total. The quantitative estimate of drug-likeness (QED) is 0.768. The number of hydrogen-bond donors (Lipinski definition) is 2. The largest absolute Gasteiger partial charge is 0.353 e. The molecule has 0 saturated heterocycles. The lowest BCUT2D eigenvalue weighted by molar-refractivity contribution is -0.121. The SMILES string of the molecule is Cc1ccc(S(=O)(=O)N(C)CC(=O)NCC(N)C2CC2)cc1C. The van der Waals surface area contributed by atoms with Gasteiger partial charge in [-0.1, -0.05) is 6.07 Å². The Morgan fingerprint density at radius 3 is 2.57 bits per heavy atom. The minimum atomic E-state index is -3.67. The van der Waals surface area contributed by atoms with E-state index in [1.165, 1.54) is 7.05 Å². The Labute approximate surface area is 138 Å². The molecule has 1 amide bonds. The van der Waals surface area contributed by atoms with Gasteiger partial charge in [-0.15, -0.1) is 0 Å². The molecular weight excluding hydrogens is 314 g/mol. The highest BCUT2D eigenvalue weighted by Crippen LogP contribution is 2.31. The minimum Gasteiger partial charge on any atom is -0.353 e. The molecule has 23 heavy (non-hydrogen) atoms. The lowest BCUT2D eigenvalue weighted by Gasteiger charge is -2.18. The molecule has 0 aliphatic heterocycles. The third-order valence-electron chi connectivity index (χ3n) is 4.32. The number of nitrogens with zero attached hydrogens (tertiary/aromatic N) is 1. The molecule has 0 bridgehead atoms. The molecule has 0 heterocycles. The van der Waals surface area contributed by atoms with Crippen molar-refractivity contribution >= 4 is 15.9 Å². The number of rotatable bonds is 7. The summed E-state index contributed by atoms with van der Waals surface area (Å²) in [6.45, 7) is 3.96. The van der Waals surface area contributed by atoms with Crippen molar-refractivity contribution in [2.24, 2.45) is 11.7 Å². The maximum absolute atomic E-state index is 12.5. The molecule has 1 aromatic rings. The highest BCUT2D eigenvalue weighted by molar-refractivity contribution is 7.89. The van der Waals surface area contributed by atoms with E-state index in [-0.39, 0.29) is 23.4 Å². The second kappa shape index (κ2) is 6.98. The zero-order valence-electron chi connectivity index (χ0n) is 13.9. The first-order valence-corrected chi connectivity index (χ1v) is 9.21. The lowest BCUT2D eigenvalue weighted by atomic mass is 10.1. The van der Waals surface area contributed by atoms with Crippen LogP contribution in [0.4, 0.5) is 0 Å². The third kappa shape index (κ3) is 4.53. The van der Waals surface area contributed by atoms with Gasteiger partial charge in [-0.3, -0.25) is 4.79 Å². The standard InChI is InChI=1S/C16H25N3O3S/c1-11-4-7-14(8-12(11)2)23(21,22)19(3)10-16(20)18-9-15(17)13-5-6-13/h4,7-8,13,15H,5-6,9-10,17H2,1-3H3,(H,18,20). The highest BCUT2D eigenvalue weighted by Gasteiger charge is 2.29. The minimum absolute atomic E-state index is 0.0411. The first-order chi connectivity index (χ1) is 10.7. The van der Waals surface area contributed by atoms with Crippen LogP contribution < -0.4 is 11.1 Å². The van der Waals surface area contributed by atoms with Crippen LogP contribution in [0.25, 0.3) is 0 Å². The number of carbonyl (C=O) groups excluding carboxylic acids is 1. The topological polar surface area (TPSA) is 92.5 Å². The summed E-state index contributed by atoms with van der Waals surface area (Å²) in [6, 6.07) is 4.92. The molecule has 1 aliphatic rings. The summed E-state index contributed by atoms with van der Waals surface area (Å²) >= 11 is 0. The second-order valence-electron chi connectivity index (χ2n) is 6.31. The average Bonchev–Trinajstić information content (AvgIpc) is 3.32. The van der Waals surface area contributed by atoms with Crippen LogP contribution in [0, 0.1) is 19.8 Å². The van der Waals surface area contributed by atoms with E-state index in [4.69, 9.17) is 5.73 Å². The summed E-state index contributed by atoms with van der Waals surface area (Å²) in [5.74, 6) is 0.156. The Kier molecular flexibility index (Phi) is 5.44. The Hall–Kier alpha value is -1.44. The maximum atomic E-state index is 12.5. The maximum Gasteiger partial charge on any atom is 0.243 e. The molecule has 1 aromatic carbocycles. The van der Waals surface area contributed by atoms with E-state index < -0.39 is 10.0 Å². The Balaban J connectivity index is 1.95. The summed E-state index contributed by atoms with van der Waals surface area (Å²) in [6.07, 6.45) is 2.22. The number of nitrogens with one attached hydrogen (secondary N) is 1. The summed E-state index contributed by atoms with van der Waals surface area (Å²) in [5, 5.41) is 2.71. The molecule has 0 aromatic heterocycles. The molecule has 1 aliphatic carbocycles. The average molecular weight is 339 g/mol. The third-order valence-corrected chi connectivity index (χ3v) is 6.11. The van der Waals surface area contributed by atoms with Gasteiger partial charge in [-0.25, -0.2) is 8.42 Å². The van der Waals surface area contributed by atoms with Crippen LogP contribution in [0.1, 0.15) is 24.0 Å². The molecule has 0 radical (unpaired) electrons. The molecular formula is C16H25N3O3S. The van der Waals surface area contributed by atoms with E-state index in [9.17, 15) is 13.2 Å². The van der Waals surface area contributed by atoms with Crippen molar-refractivity contribution in [1.82, 2.24) is 9.62 Å². The Morgan fingerprint density at radius 1 is 1.35 bits per heavy atom. The van der Waals surface area contributed by atoms with Crippen molar-refractivity contribution in [2.45, 2.75) is 37.6 Å². The van der Waals surface area contributed by atoms with Crippen LogP contribution in [0.15, 0.2) is 23.1 Å². The lowest BCUT2D eigenvalue weighted by Crippen LogP contribution is -2.43. The van der Waals surface area contributed by atoms with E-state index in [0.717, 1.165) is 28.3 Å². The van der Waals surface area contributed by atoms with Gasteiger partial charge >= 0.3 is 0 Å². The highest BCUT2D eigenvalue weighted by atomic mass is 32.2. The monoisotopic (exact) mass is 339 g/mol. The molecule has 3 N–H and O–H groups in total. The van der Waals surface area contributed by atoms with Crippen LogP contribution in [-0.4, -0.2) is 44.8 Å². The van der Waals surface area contributed by atoms with Gasteiger partial charge in [0.05, 0.1) is 11.4 Å². The molecule has 7 heteroatoms. The number of benzene rings is 1. The van der Waals surface area contributed by atoms with E-state index in [1.807, 2.05) is 13.8 Å². The molecule has 1 fully saturated rings. The van der Waals surface area contributed by atoms with Crippen LogP contribution >= 0.6 is 0 Å². The summed E-state index contributed by atoms with van der Waals surface area (Å²) in [7, 11) is -2.27. The van der Waals surface area contributed by atoms with E-state index in [0.29, 0.717) is 12.5 Å². The van der Waals surface area contributed by atoms with Crippen LogP contribution in [-0.2, 0) is 14.8 Å². The number of carbonyl (C=O) groups is 1. The molecule has 0 spiro atoms. The zero-order valence-corrected chi connectivity index (χ0v) is 14.7. The van der Waals surface area contributed by atoms with Crippen molar-refractivity contribution in [1.29, 1.82) is 0 Å². The van der Waals surface area contributed by atoms with E-state index in [2.05, 4.69) is 5.32 Å². The molecule has 128 valence electrons. The first-order valence-electron chi connectivity index (χ1n) is 7.77. The van der Waals surface area contributed by atoms with Crippen molar-refractivity contribution in [2.75, 3.05) is 20.1 Å². The van der Waals surface area contributed by atoms with Gasteiger partial charge in [0.25, 0.3) is 0 Å². The number of amides is 1. The van der Waals surface area contributed by atoms with Gasteiger partial charge < -0.3 is 11.1 Å². The molecule has 1 saturated carbocycles. The Bertz CT molecular complexity index is 684. The normalized spacial score (nSPS) is 16.4. The van der Waals surface area contributed by atoms with Gasteiger partial charge in [0.15, 0.2) is 0 Å². The van der Waals surface area contributed by atoms with Gasteiger partial charge in [-0.05, 0) is 55.9 Å². The van der Waals surface area contributed by atoms with E-state index >= 15 is 0 Å². The fourth-order valence-electron chi connectivity index (χ4n) is 2.32. The van der Waals surface area contributed by atoms with Crippen LogP contribution in [0.5, 0.6) is 0 Å². The first kappa shape index (κ1) is 17.9. The molecule has 1 atom stereocenters. The van der Waals surface area contributed by atoms with Gasteiger partial charge in [0.1, 0.15) is 0 Å². The van der Waals surface area contributed by atoms with Crippen molar-refractivity contribution in [3.8, 4) is 0 Å². The summed E-state index contributed by atoms with van der Waals surface area (Å²) in [4.78, 5) is 12.1. The summed E-state index contributed by atoms with van der Waals surface area (Å²) in [5.41, 5.74) is 7.85. The second-order valence-corrected chi connectivity index (χ2v) is 8.36. The van der Waals surface area contributed by atoms with Crippen molar-refractivity contribution in [3.05, 3.63) is 29.3 Å². The van der Waals surface area contributed by atoms with Crippen LogP contribution in [0.2, 0.25) is 0 Å². The molecule has 2 rings (SSSR count). The van der Waals surface area contributed by atoms with E-state index in [1.54, 1.807) is 18.2 Å². The predicted octanol–water partition coefficient (Wildman–Crippen LogP) is 0.777.